The Bertz CT molecular complexity index is 671. The van der Waals surface area contributed by atoms with Crippen molar-refractivity contribution in [1.29, 1.82) is 0 Å². The molecular weight excluding hydrogens is 320 g/mol. The van der Waals surface area contributed by atoms with Gasteiger partial charge in [-0.1, -0.05) is 11.6 Å². The summed E-state index contributed by atoms with van der Waals surface area (Å²) in [5, 5.41) is 2.96. The number of ether oxygens (including phenoxy) is 2. The van der Waals surface area contributed by atoms with Gasteiger partial charge in [-0.25, -0.2) is 9.78 Å². The summed E-state index contributed by atoms with van der Waals surface area (Å²) in [7, 11) is 0. The molecule has 1 heterocycles. The maximum Gasteiger partial charge on any atom is 0.338 e. The first kappa shape index (κ1) is 16.8. The molecule has 0 aliphatic carbocycles. The molecule has 1 aromatic heterocycles. The van der Waals surface area contributed by atoms with Crippen molar-refractivity contribution >= 4 is 29.3 Å². The fourth-order valence-electron chi connectivity index (χ4n) is 1.70. The van der Waals surface area contributed by atoms with Crippen LogP contribution in [0.5, 0.6) is 5.75 Å². The predicted octanol–water partition coefficient (Wildman–Crippen LogP) is 2.93. The van der Waals surface area contributed by atoms with E-state index in [0.717, 1.165) is 0 Å². The number of benzene rings is 1. The minimum absolute atomic E-state index is 0.330. The summed E-state index contributed by atoms with van der Waals surface area (Å²) in [6, 6.07) is 9.62. The Morgan fingerprint density at radius 3 is 2.52 bits per heavy atom. The van der Waals surface area contributed by atoms with Crippen molar-refractivity contribution in [2.24, 2.45) is 0 Å². The molecule has 0 unspecified atom stereocenters. The zero-order chi connectivity index (χ0) is 16.7. The minimum Gasteiger partial charge on any atom is -0.494 e. The number of pyridine rings is 1. The van der Waals surface area contributed by atoms with Crippen molar-refractivity contribution < 1.29 is 19.1 Å². The number of carbonyl (C=O) groups is 2. The molecule has 120 valence electrons. The largest absolute Gasteiger partial charge is 0.494 e. The number of amides is 1. The lowest BCUT2D eigenvalue weighted by Crippen LogP contribution is -2.21. The molecule has 0 saturated heterocycles. The fourth-order valence-corrected chi connectivity index (χ4v) is 1.81. The molecule has 0 atom stereocenters. The van der Waals surface area contributed by atoms with E-state index in [9.17, 15) is 9.59 Å². The van der Waals surface area contributed by atoms with Gasteiger partial charge in [0, 0.05) is 6.20 Å². The third-order valence-corrected chi connectivity index (χ3v) is 2.95. The molecule has 0 spiro atoms. The van der Waals surface area contributed by atoms with Crippen LogP contribution in [0.1, 0.15) is 17.3 Å². The lowest BCUT2D eigenvalue weighted by Gasteiger charge is -2.07. The number of esters is 1. The summed E-state index contributed by atoms with van der Waals surface area (Å²) < 4.78 is 10.2. The van der Waals surface area contributed by atoms with Crippen molar-refractivity contribution in [3.8, 4) is 5.75 Å². The average molecular weight is 335 g/mol. The molecule has 23 heavy (non-hydrogen) atoms. The molecule has 2 rings (SSSR count). The van der Waals surface area contributed by atoms with Crippen LogP contribution < -0.4 is 10.1 Å². The van der Waals surface area contributed by atoms with Crippen molar-refractivity contribution in [2.45, 2.75) is 6.92 Å². The number of rotatable bonds is 6. The van der Waals surface area contributed by atoms with Crippen LogP contribution in [0.25, 0.3) is 0 Å². The van der Waals surface area contributed by atoms with Gasteiger partial charge < -0.3 is 14.8 Å². The van der Waals surface area contributed by atoms with Gasteiger partial charge in [-0.15, -0.1) is 0 Å². The Morgan fingerprint density at radius 1 is 1.17 bits per heavy atom. The van der Waals surface area contributed by atoms with Gasteiger partial charge in [0.05, 0.1) is 17.2 Å². The molecule has 0 bridgehead atoms. The van der Waals surface area contributed by atoms with E-state index in [-0.39, 0.29) is 0 Å². The number of halogens is 1. The molecule has 0 saturated carbocycles. The van der Waals surface area contributed by atoms with E-state index in [2.05, 4.69) is 10.3 Å². The summed E-state index contributed by atoms with van der Waals surface area (Å²) in [4.78, 5) is 27.4. The lowest BCUT2D eigenvalue weighted by molar-refractivity contribution is -0.119. The second kappa shape index (κ2) is 8.14. The molecule has 0 aliphatic rings. The van der Waals surface area contributed by atoms with Crippen molar-refractivity contribution in [3.63, 3.8) is 0 Å². The molecule has 0 radical (unpaired) electrons. The average Bonchev–Trinajstić information content (AvgIpc) is 2.56. The molecule has 2 aromatic rings. The zero-order valence-electron chi connectivity index (χ0n) is 12.4. The van der Waals surface area contributed by atoms with Crippen LogP contribution in [0.2, 0.25) is 5.02 Å². The third-order valence-electron chi connectivity index (χ3n) is 2.73. The van der Waals surface area contributed by atoms with Gasteiger partial charge in [0.15, 0.2) is 6.61 Å². The normalized spacial score (nSPS) is 10.0. The summed E-state index contributed by atoms with van der Waals surface area (Å²) in [6.45, 7) is 2.01. The van der Waals surface area contributed by atoms with Crippen molar-refractivity contribution in [2.75, 3.05) is 18.5 Å². The molecule has 7 heteroatoms. The molecule has 1 amide bonds. The van der Waals surface area contributed by atoms with Crippen molar-refractivity contribution in [1.82, 2.24) is 4.98 Å². The van der Waals surface area contributed by atoms with E-state index in [1.807, 2.05) is 6.92 Å². The smallest absolute Gasteiger partial charge is 0.338 e. The molecular formula is C16H15ClN2O4. The van der Waals surface area contributed by atoms with E-state index >= 15 is 0 Å². The first-order valence-corrected chi connectivity index (χ1v) is 7.27. The SMILES string of the molecule is CCOc1ccc(C(=O)OCC(=O)Nc2ccc(Cl)cn2)cc1. The van der Waals surface area contributed by atoms with E-state index < -0.39 is 18.5 Å². The number of nitrogens with zero attached hydrogens (tertiary/aromatic N) is 1. The van der Waals surface area contributed by atoms with Gasteiger partial charge in [0.1, 0.15) is 11.6 Å². The van der Waals surface area contributed by atoms with Gasteiger partial charge in [0.25, 0.3) is 5.91 Å². The minimum atomic E-state index is -0.590. The van der Waals surface area contributed by atoms with Crippen LogP contribution in [0.15, 0.2) is 42.6 Å². The van der Waals surface area contributed by atoms with Crippen LogP contribution in [-0.2, 0) is 9.53 Å². The molecule has 1 N–H and O–H groups in total. The van der Waals surface area contributed by atoms with E-state index in [1.54, 1.807) is 36.4 Å². The van der Waals surface area contributed by atoms with Gasteiger partial charge in [-0.3, -0.25) is 4.79 Å². The number of hydrogen-bond donors (Lipinski definition) is 1. The molecule has 0 aliphatic heterocycles. The predicted molar refractivity (Wildman–Crippen MR) is 85.8 cm³/mol. The van der Waals surface area contributed by atoms with E-state index in [1.165, 1.54) is 6.20 Å². The number of aromatic nitrogens is 1. The maximum absolute atomic E-state index is 11.8. The first-order valence-electron chi connectivity index (χ1n) is 6.90. The summed E-state index contributed by atoms with van der Waals surface area (Å²) in [5.41, 5.74) is 0.339. The first-order chi connectivity index (χ1) is 11.1. The van der Waals surface area contributed by atoms with Crippen molar-refractivity contribution in [3.05, 3.63) is 53.2 Å². The quantitative estimate of drug-likeness (QED) is 0.822. The van der Waals surface area contributed by atoms with E-state index in [0.29, 0.717) is 28.8 Å². The van der Waals surface area contributed by atoms with Crippen LogP contribution in [0.3, 0.4) is 0 Å². The van der Waals surface area contributed by atoms with Gasteiger partial charge in [-0.05, 0) is 43.3 Å². The molecule has 0 fully saturated rings. The number of hydrogen-bond acceptors (Lipinski definition) is 5. The Morgan fingerprint density at radius 2 is 1.91 bits per heavy atom. The van der Waals surface area contributed by atoms with E-state index in [4.69, 9.17) is 21.1 Å². The van der Waals surface area contributed by atoms with Crippen LogP contribution in [0, 0.1) is 0 Å². The zero-order valence-corrected chi connectivity index (χ0v) is 13.2. The molecule has 6 nitrogen and oxygen atoms in total. The highest BCUT2D eigenvalue weighted by molar-refractivity contribution is 6.30. The second-order valence-corrected chi connectivity index (χ2v) is 4.88. The Hall–Kier alpha value is -2.60. The third kappa shape index (κ3) is 5.27. The summed E-state index contributed by atoms with van der Waals surface area (Å²) in [5.74, 6) is -0.0847. The fraction of sp³-hybridized carbons (Fsp3) is 0.188. The number of nitrogens with one attached hydrogen (secondary N) is 1. The number of carbonyl (C=O) groups excluding carboxylic acids is 2. The molecule has 1 aromatic carbocycles. The lowest BCUT2D eigenvalue weighted by atomic mass is 10.2. The summed E-state index contributed by atoms with van der Waals surface area (Å²) >= 11 is 5.70. The Kier molecular flexibility index (Phi) is 5.94. The topological polar surface area (TPSA) is 77.5 Å². The van der Waals surface area contributed by atoms with Gasteiger partial charge in [0.2, 0.25) is 0 Å². The Balaban J connectivity index is 1.83. The Labute approximate surface area is 138 Å². The van der Waals surface area contributed by atoms with Crippen LogP contribution in [0.4, 0.5) is 5.82 Å². The highest BCUT2D eigenvalue weighted by Crippen LogP contribution is 2.13. The standard InChI is InChI=1S/C16H15ClN2O4/c1-2-22-13-6-3-11(4-7-13)16(21)23-10-15(20)19-14-8-5-12(17)9-18-14/h3-9H,2,10H2,1H3,(H,18,19,20). The highest BCUT2D eigenvalue weighted by atomic mass is 35.5. The maximum atomic E-state index is 11.8. The highest BCUT2D eigenvalue weighted by Gasteiger charge is 2.11. The van der Waals surface area contributed by atoms with Crippen LogP contribution in [-0.4, -0.2) is 30.1 Å². The monoisotopic (exact) mass is 334 g/mol. The van der Waals surface area contributed by atoms with Crippen LogP contribution >= 0.6 is 11.6 Å². The van der Waals surface area contributed by atoms with Gasteiger partial charge in [-0.2, -0.15) is 0 Å². The second-order valence-electron chi connectivity index (χ2n) is 4.44. The summed E-state index contributed by atoms with van der Waals surface area (Å²) in [6.07, 6.45) is 1.41. The number of anilines is 1. The van der Waals surface area contributed by atoms with Gasteiger partial charge >= 0.3 is 5.97 Å².